The summed E-state index contributed by atoms with van der Waals surface area (Å²) >= 11 is 4.53. The molecule has 0 N–H and O–H groups in total. The fraction of sp³-hybridized carbons (Fsp3) is 0. The van der Waals surface area contributed by atoms with Crippen molar-refractivity contribution in [2.75, 3.05) is 0 Å². The molecule has 11 aromatic carbocycles. The van der Waals surface area contributed by atoms with Crippen molar-refractivity contribution in [2.45, 2.75) is 0 Å². The Labute approximate surface area is 418 Å². The third-order valence-corrected chi connectivity index (χ3v) is 15.7. The third-order valence-electron chi connectivity index (χ3n) is 13.4. The quantitative estimate of drug-likeness (QED) is 0.142. The van der Waals surface area contributed by atoms with E-state index >= 15 is 0 Å². The van der Waals surface area contributed by atoms with E-state index in [0.29, 0.717) is 0 Å². The second-order valence-electron chi connectivity index (χ2n) is 17.3. The average molecular weight is 1070 g/mol. The van der Waals surface area contributed by atoms with Gasteiger partial charge in [-0.1, -0.05) is 0 Å². The zero-order valence-corrected chi connectivity index (χ0v) is 41.4. The van der Waals surface area contributed by atoms with Crippen LogP contribution in [0.25, 0.3) is 99.8 Å². The Balaban J connectivity index is 1.29. The van der Waals surface area contributed by atoms with E-state index in [2.05, 4.69) is 272 Å². The van der Waals surface area contributed by atoms with Gasteiger partial charge in [-0.05, 0) is 0 Å². The van der Waals surface area contributed by atoms with E-state index in [0.717, 1.165) is 0 Å². The van der Waals surface area contributed by atoms with Crippen molar-refractivity contribution in [1.29, 1.82) is 0 Å². The zero-order valence-electron chi connectivity index (χ0n) is 37.1. The van der Waals surface area contributed by atoms with Crippen molar-refractivity contribution in [3.8, 4) is 89.0 Å². The van der Waals surface area contributed by atoms with Crippen LogP contribution in [0.5, 0.6) is 0 Å². The molecule has 317 valence electrons. The maximum absolute atomic E-state index is 3.10. The Bertz CT molecular complexity index is 3440. The molecule has 0 spiro atoms. The van der Waals surface area contributed by atoms with Crippen molar-refractivity contribution >= 4 is 18.9 Å². The molecule has 0 unspecified atom stereocenters. The molecule has 0 aromatic heterocycles. The number of hydrogen-bond acceptors (Lipinski definition) is 0. The molecular weight excluding hydrogens is 1030 g/mol. The van der Waals surface area contributed by atoms with Gasteiger partial charge in [0.05, 0.1) is 0 Å². The van der Waals surface area contributed by atoms with E-state index < -0.39 is 0 Å². The predicted molar refractivity (Wildman–Crippen MR) is 280 cm³/mol. The average Bonchev–Trinajstić information content (AvgIpc) is 3.42. The minimum absolute atomic E-state index is 1.19. The van der Waals surface area contributed by atoms with Crippen LogP contribution >= 0.6 is 0 Å². The van der Waals surface area contributed by atoms with Gasteiger partial charge in [-0.3, -0.25) is 0 Å². The summed E-state index contributed by atoms with van der Waals surface area (Å²) in [5.41, 5.74) is 24.6. The maximum atomic E-state index is 3.10. The summed E-state index contributed by atoms with van der Waals surface area (Å²) in [6, 6.07) is 93.7. The molecule has 0 saturated heterocycles. The second-order valence-corrected chi connectivity index (χ2v) is 19.5. The van der Waals surface area contributed by atoms with Crippen LogP contribution in [0, 0.1) is 0 Å². The van der Waals surface area contributed by atoms with Gasteiger partial charge >= 0.3 is 421 Å². The van der Waals surface area contributed by atoms with Crippen molar-refractivity contribution in [3.63, 3.8) is 0 Å². The SMILES string of the molecule is [V]=[C]1c2cc3c(-c4ccccc4)c(-c4ccccc4)c(-c4ccccc4)c(-c4ccccc4)c3cc2[C](=[W])c2c1c(-c1ccccc1)c(-c1ccccc1)c(-c1ccccc1)c2-c1ccccc1. The zero-order chi connectivity index (χ0) is 45.6. The summed E-state index contributed by atoms with van der Waals surface area (Å²) in [5.74, 6) is 0. The van der Waals surface area contributed by atoms with E-state index in [-0.39, 0.29) is 0 Å². The minimum atomic E-state index is 1.19. The number of fused-ring (bicyclic) bond motifs is 3. The molecule has 11 aromatic rings. The summed E-state index contributed by atoms with van der Waals surface area (Å²) in [6.45, 7) is 0. The molecule has 0 radical (unpaired) electrons. The van der Waals surface area contributed by atoms with Crippen LogP contribution in [0.3, 0.4) is 0 Å². The topological polar surface area (TPSA) is 0 Å². The van der Waals surface area contributed by atoms with Crippen LogP contribution in [-0.4, -0.2) is 8.12 Å². The van der Waals surface area contributed by atoms with Crippen LogP contribution in [0.2, 0.25) is 0 Å². The Hall–Kier alpha value is -7.31. The molecule has 0 heterocycles. The van der Waals surface area contributed by atoms with E-state index in [4.69, 9.17) is 0 Å². The van der Waals surface area contributed by atoms with Gasteiger partial charge in [0.1, 0.15) is 0 Å². The third kappa shape index (κ3) is 7.20. The first kappa shape index (κ1) is 42.1. The molecule has 0 atom stereocenters. The summed E-state index contributed by atoms with van der Waals surface area (Å²) in [7, 11) is 0. The first-order chi connectivity index (χ1) is 33.7. The molecule has 1 aliphatic carbocycles. The molecule has 0 nitrogen and oxygen atoms in total. The molecule has 12 rings (SSSR count). The standard InChI is InChI=1S/C66H42.V.W/c1-9-25-45(26-10-1)59-55-41-53-43-57-58(44-54(53)42-56(55)60(46-27-11-2-12-28-46)64(50-35-19-6-20-36-50)63(59)49-33-17-5-18-34-49)62(48-31-15-4-16-32-48)66(52-39-23-8-24-40-52)65(51-37-21-7-22-38-51)61(57)47-29-13-3-14-30-47;;/h1-42H;;. The molecular formula is C66H42VW. The van der Waals surface area contributed by atoms with Crippen LogP contribution < -0.4 is 0 Å². The van der Waals surface area contributed by atoms with Gasteiger partial charge in [-0.15, -0.1) is 0 Å². The summed E-state index contributed by atoms with van der Waals surface area (Å²) in [4.78, 5) is 0. The monoisotopic (exact) mass is 1070 g/mol. The Morgan fingerprint density at radius 3 is 0.706 bits per heavy atom. The molecule has 0 saturated carbocycles. The molecule has 0 amide bonds. The number of hydrogen-bond donors (Lipinski definition) is 0. The van der Waals surface area contributed by atoms with E-state index in [1.54, 1.807) is 0 Å². The van der Waals surface area contributed by atoms with Gasteiger partial charge in [0.2, 0.25) is 0 Å². The molecule has 68 heavy (non-hydrogen) atoms. The molecule has 0 fully saturated rings. The number of benzene rings is 11. The second kappa shape index (κ2) is 18.1. The van der Waals surface area contributed by atoms with Gasteiger partial charge < -0.3 is 0 Å². The van der Waals surface area contributed by atoms with Gasteiger partial charge in [0.25, 0.3) is 0 Å². The van der Waals surface area contributed by atoms with Crippen LogP contribution in [0.4, 0.5) is 0 Å². The molecule has 0 bridgehead atoms. The van der Waals surface area contributed by atoms with E-state index in [1.165, 1.54) is 150 Å². The van der Waals surface area contributed by atoms with Gasteiger partial charge in [0, 0.05) is 0 Å². The van der Waals surface area contributed by atoms with Crippen LogP contribution in [0.1, 0.15) is 22.3 Å². The van der Waals surface area contributed by atoms with Crippen molar-refractivity contribution in [1.82, 2.24) is 0 Å². The predicted octanol–water partition coefficient (Wildman–Crippen LogP) is 16.7. The fourth-order valence-corrected chi connectivity index (χ4v) is 12.5. The summed E-state index contributed by atoms with van der Waals surface area (Å²) < 4.78 is 2.56. The van der Waals surface area contributed by atoms with Crippen LogP contribution in [-0.2, 0) is 36.3 Å². The van der Waals surface area contributed by atoms with Gasteiger partial charge in [-0.2, -0.15) is 0 Å². The molecule has 0 aliphatic heterocycles. The fourth-order valence-electron chi connectivity index (χ4n) is 10.6. The number of rotatable bonds is 8. The first-order valence-corrected chi connectivity index (χ1v) is 25.3. The van der Waals surface area contributed by atoms with E-state index in [9.17, 15) is 0 Å². The van der Waals surface area contributed by atoms with Gasteiger partial charge in [-0.25, -0.2) is 0 Å². The van der Waals surface area contributed by atoms with Crippen molar-refractivity contribution in [3.05, 3.63) is 277 Å². The Kier molecular flexibility index (Phi) is 11.2. The summed E-state index contributed by atoms with van der Waals surface area (Å²) in [6.07, 6.45) is 0. The summed E-state index contributed by atoms with van der Waals surface area (Å²) in [5, 5.41) is 2.47. The van der Waals surface area contributed by atoms with Crippen molar-refractivity contribution < 1.29 is 36.3 Å². The normalized spacial score (nSPS) is 11.9. The Morgan fingerprint density at radius 2 is 0.426 bits per heavy atom. The Morgan fingerprint density at radius 1 is 0.221 bits per heavy atom. The van der Waals surface area contributed by atoms with Gasteiger partial charge in [0.15, 0.2) is 0 Å². The van der Waals surface area contributed by atoms with Crippen LogP contribution in [0.15, 0.2) is 255 Å². The van der Waals surface area contributed by atoms with Crippen molar-refractivity contribution in [2.24, 2.45) is 0 Å². The van der Waals surface area contributed by atoms with E-state index in [1.807, 2.05) is 0 Å². The first-order valence-electron chi connectivity index (χ1n) is 23.1. The molecule has 1 aliphatic rings. The molecule has 2 heteroatoms.